The number of sulfonamides is 1. The number of nitrogens with zero attached hydrogens (tertiary/aromatic N) is 1. The van der Waals surface area contributed by atoms with E-state index in [1.165, 1.54) is 6.42 Å². The van der Waals surface area contributed by atoms with Crippen LogP contribution in [0.5, 0.6) is 0 Å². The Labute approximate surface area is 136 Å². The summed E-state index contributed by atoms with van der Waals surface area (Å²) < 4.78 is 25.0. The van der Waals surface area contributed by atoms with Gasteiger partial charge in [-0.3, -0.25) is 9.10 Å². The van der Waals surface area contributed by atoms with Gasteiger partial charge in [-0.2, -0.15) is 0 Å². The Bertz CT molecular complexity index is 627. The van der Waals surface area contributed by atoms with Crippen LogP contribution in [-0.2, 0) is 14.8 Å². The SMILES string of the molecule is CS(=O)(=O)N(CC(=O)NC1CCCCC1)c1ccccc1Cl. The molecule has 0 bridgehead atoms. The quantitative estimate of drug-likeness (QED) is 0.892. The van der Waals surface area contributed by atoms with Gasteiger partial charge < -0.3 is 5.32 Å². The third kappa shape index (κ3) is 4.61. The molecule has 1 aromatic carbocycles. The van der Waals surface area contributed by atoms with Gasteiger partial charge in [0.15, 0.2) is 0 Å². The van der Waals surface area contributed by atoms with Gasteiger partial charge in [0.1, 0.15) is 6.54 Å². The molecule has 122 valence electrons. The van der Waals surface area contributed by atoms with E-state index in [1.807, 2.05) is 0 Å². The van der Waals surface area contributed by atoms with Crippen molar-refractivity contribution in [1.29, 1.82) is 0 Å². The number of hydrogen-bond acceptors (Lipinski definition) is 3. The van der Waals surface area contributed by atoms with Gasteiger partial charge in [-0.05, 0) is 25.0 Å². The fourth-order valence-corrected chi connectivity index (χ4v) is 3.84. The van der Waals surface area contributed by atoms with Crippen LogP contribution in [0.2, 0.25) is 5.02 Å². The van der Waals surface area contributed by atoms with Crippen LogP contribution < -0.4 is 9.62 Å². The maximum absolute atomic E-state index is 12.2. The van der Waals surface area contributed by atoms with Crippen LogP contribution in [0.25, 0.3) is 0 Å². The Balaban J connectivity index is 2.11. The molecule has 1 amide bonds. The number of para-hydroxylation sites is 1. The van der Waals surface area contributed by atoms with Gasteiger partial charge in [-0.1, -0.05) is 43.0 Å². The molecule has 1 saturated carbocycles. The lowest BCUT2D eigenvalue weighted by molar-refractivity contribution is -0.120. The van der Waals surface area contributed by atoms with Crippen molar-refractivity contribution >= 4 is 33.2 Å². The number of amides is 1. The molecule has 1 N–H and O–H groups in total. The molecule has 5 nitrogen and oxygen atoms in total. The van der Waals surface area contributed by atoms with E-state index in [-0.39, 0.29) is 18.5 Å². The summed E-state index contributed by atoms with van der Waals surface area (Å²) in [7, 11) is -3.59. The molecule has 22 heavy (non-hydrogen) atoms. The normalized spacial score (nSPS) is 16.3. The van der Waals surface area contributed by atoms with E-state index in [0.29, 0.717) is 10.7 Å². The largest absolute Gasteiger partial charge is 0.352 e. The Kier molecular flexibility index (Phi) is 5.69. The Morgan fingerprint density at radius 3 is 2.50 bits per heavy atom. The van der Waals surface area contributed by atoms with E-state index in [9.17, 15) is 13.2 Å². The molecule has 0 atom stereocenters. The van der Waals surface area contributed by atoms with Crippen molar-refractivity contribution in [1.82, 2.24) is 5.32 Å². The Morgan fingerprint density at radius 2 is 1.91 bits per heavy atom. The van der Waals surface area contributed by atoms with Crippen molar-refractivity contribution in [2.45, 2.75) is 38.1 Å². The molecule has 0 radical (unpaired) electrons. The van der Waals surface area contributed by atoms with Crippen LogP contribution in [0.3, 0.4) is 0 Å². The number of halogens is 1. The maximum atomic E-state index is 12.2. The van der Waals surface area contributed by atoms with Crippen LogP contribution >= 0.6 is 11.6 Å². The second-order valence-corrected chi connectivity index (χ2v) is 7.94. The van der Waals surface area contributed by atoms with Crippen molar-refractivity contribution in [2.24, 2.45) is 0 Å². The molecule has 0 saturated heterocycles. The number of nitrogens with one attached hydrogen (secondary N) is 1. The highest BCUT2D eigenvalue weighted by Crippen LogP contribution is 2.27. The van der Waals surface area contributed by atoms with Gasteiger partial charge in [0.2, 0.25) is 15.9 Å². The number of carbonyl (C=O) groups excluding carboxylic acids is 1. The van der Waals surface area contributed by atoms with Crippen LogP contribution in [-0.4, -0.2) is 33.2 Å². The number of hydrogen-bond donors (Lipinski definition) is 1. The van der Waals surface area contributed by atoms with Gasteiger partial charge in [-0.25, -0.2) is 8.42 Å². The van der Waals surface area contributed by atoms with Crippen LogP contribution in [0.1, 0.15) is 32.1 Å². The van der Waals surface area contributed by atoms with E-state index < -0.39 is 10.0 Å². The number of anilines is 1. The molecule has 0 heterocycles. The van der Waals surface area contributed by atoms with Crippen LogP contribution in [0.15, 0.2) is 24.3 Å². The summed E-state index contributed by atoms with van der Waals surface area (Å²) in [5, 5.41) is 3.23. The molecular weight excluding hydrogens is 324 g/mol. The number of carbonyl (C=O) groups is 1. The molecular formula is C15H21ClN2O3S. The lowest BCUT2D eigenvalue weighted by Gasteiger charge is -2.26. The first kappa shape index (κ1) is 17.1. The predicted octanol–water partition coefficient (Wildman–Crippen LogP) is 2.55. The molecule has 0 aromatic heterocycles. The zero-order valence-electron chi connectivity index (χ0n) is 12.6. The van der Waals surface area contributed by atoms with Gasteiger partial charge in [0.05, 0.1) is 17.0 Å². The van der Waals surface area contributed by atoms with Crippen molar-refractivity contribution in [2.75, 3.05) is 17.1 Å². The highest BCUT2D eigenvalue weighted by Gasteiger charge is 2.24. The summed E-state index contributed by atoms with van der Waals surface area (Å²) in [5.74, 6) is -0.294. The fraction of sp³-hybridized carbons (Fsp3) is 0.533. The third-order valence-corrected chi connectivity index (χ3v) is 5.23. The molecule has 0 aliphatic heterocycles. The van der Waals surface area contributed by atoms with E-state index in [2.05, 4.69) is 5.32 Å². The second-order valence-electron chi connectivity index (χ2n) is 5.62. The molecule has 1 aromatic rings. The van der Waals surface area contributed by atoms with Gasteiger partial charge in [-0.15, -0.1) is 0 Å². The van der Waals surface area contributed by atoms with Crippen LogP contribution in [0.4, 0.5) is 5.69 Å². The van der Waals surface area contributed by atoms with Crippen LogP contribution in [0, 0.1) is 0 Å². The second kappa shape index (κ2) is 7.33. The van der Waals surface area contributed by atoms with Crippen molar-refractivity contribution in [3.05, 3.63) is 29.3 Å². The van der Waals surface area contributed by atoms with Gasteiger partial charge in [0.25, 0.3) is 0 Å². The highest BCUT2D eigenvalue weighted by molar-refractivity contribution is 7.92. The minimum Gasteiger partial charge on any atom is -0.352 e. The van der Waals surface area contributed by atoms with Crippen molar-refractivity contribution in [3.8, 4) is 0 Å². The Morgan fingerprint density at radius 1 is 1.27 bits per heavy atom. The highest BCUT2D eigenvalue weighted by atomic mass is 35.5. The van der Waals surface area contributed by atoms with Crippen molar-refractivity contribution < 1.29 is 13.2 Å². The lowest BCUT2D eigenvalue weighted by Crippen LogP contribution is -2.44. The summed E-state index contributed by atoms with van der Waals surface area (Å²) in [4.78, 5) is 12.2. The number of benzene rings is 1. The molecule has 1 aliphatic rings. The monoisotopic (exact) mass is 344 g/mol. The molecule has 0 unspecified atom stereocenters. The minimum atomic E-state index is -3.59. The van der Waals surface area contributed by atoms with Gasteiger partial charge in [0, 0.05) is 6.04 Å². The van der Waals surface area contributed by atoms with E-state index in [1.54, 1.807) is 24.3 Å². The Hall–Kier alpha value is -1.27. The molecule has 1 aliphatic carbocycles. The summed E-state index contributed by atoms with van der Waals surface area (Å²) >= 11 is 6.06. The zero-order valence-corrected chi connectivity index (χ0v) is 14.2. The number of rotatable bonds is 5. The van der Waals surface area contributed by atoms with E-state index in [0.717, 1.165) is 36.2 Å². The first-order valence-corrected chi connectivity index (χ1v) is 9.62. The zero-order chi connectivity index (χ0) is 16.2. The summed E-state index contributed by atoms with van der Waals surface area (Å²) in [6, 6.07) is 6.76. The smallest absolute Gasteiger partial charge is 0.240 e. The third-order valence-electron chi connectivity index (χ3n) is 3.78. The van der Waals surface area contributed by atoms with Crippen molar-refractivity contribution in [3.63, 3.8) is 0 Å². The average molecular weight is 345 g/mol. The maximum Gasteiger partial charge on any atom is 0.240 e. The first-order chi connectivity index (χ1) is 10.4. The van der Waals surface area contributed by atoms with E-state index in [4.69, 9.17) is 11.6 Å². The summed E-state index contributed by atoms with van der Waals surface area (Å²) in [6.07, 6.45) is 6.38. The predicted molar refractivity (Wildman–Crippen MR) is 88.7 cm³/mol. The molecule has 7 heteroatoms. The molecule has 2 rings (SSSR count). The standard InChI is InChI=1S/C15H21ClN2O3S/c1-22(20,21)18(14-10-6-5-9-13(14)16)11-15(19)17-12-7-3-2-4-8-12/h5-6,9-10,12H,2-4,7-8,11H2,1H3,(H,17,19). The van der Waals surface area contributed by atoms with Gasteiger partial charge >= 0.3 is 0 Å². The molecule has 0 spiro atoms. The minimum absolute atomic E-state index is 0.147. The fourth-order valence-electron chi connectivity index (χ4n) is 2.69. The first-order valence-electron chi connectivity index (χ1n) is 7.39. The summed E-state index contributed by atoms with van der Waals surface area (Å²) in [6.45, 7) is -0.251. The topological polar surface area (TPSA) is 66.5 Å². The van der Waals surface area contributed by atoms with E-state index >= 15 is 0 Å². The summed E-state index contributed by atoms with van der Waals surface area (Å²) in [5.41, 5.74) is 0.325. The lowest BCUT2D eigenvalue weighted by atomic mass is 9.95. The average Bonchev–Trinajstić information content (AvgIpc) is 2.46. The molecule has 1 fully saturated rings.